The van der Waals surface area contributed by atoms with Crippen LogP contribution in [-0.4, -0.2) is 52.0 Å². The molecule has 0 N–H and O–H groups in total. The lowest BCUT2D eigenvalue weighted by atomic mass is 9.79. The second-order valence-corrected chi connectivity index (χ2v) is 31.4. The standard InChI is InChI=1S/C52H30N4S2.C30H26BNO2S.C4H2Br2N2.2CH4/c1-5-19-43-39(17-1)49-45(25-23-37-35-15-3-7-21-47(35)57-51(37)49)55(43)33-13-9-11-31(27-33)41-29-42(54-30-53-41)32-12-10-14-34(28-32)56-44-20-6-2-18-40(44)50-46(56)26-24-38-36-16-4-8-22-48(36)58-52(38)50;1-29(2)30(3,4)34-31(33-29)19-10-9-11-20(18-19)32-24-14-7-5-13-23(24)27-25(32)17-16-22-21-12-6-8-15-26(21)35-28(22)27;5-3-1-4(6)8-2-7-3;;/h1-30H;5-18H,1-4H3;1-2H;2*1H4. The smallest absolute Gasteiger partial charge is 0.399 e. The summed E-state index contributed by atoms with van der Waals surface area (Å²) in [7, 11) is -0.387. The first-order chi connectivity index (χ1) is 49.4. The van der Waals surface area contributed by atoms with Gasteiger partial charge in [0, 0.05) is 127 Å². The molecule has 1 aliphatic rings. The van der Waals surface area contributed by atoms with E-state index in [2.05, 4.69) is 344 Å². The lowest BCUT2D eigenvalue weighted by Crippen LogP contribution is -2.41. The van der Waals surface area contributed by atoms with Gasteiger partial charge in [-0.05, 0) is 162 Å². The summed E-state index contributed by atoms with van der Waals surface area (Å²) in [5.74, 6) is 0. The Bertz CT molecular complexity index is 6480. The van der Waals surface area contributed by atoms with Crippen molar-refractivity contribution in [1.82, 2.24) is 33.6 Å². The first kappa shape index (κ1) is 66.1. The molecule has 1 aliphatic heterocycles. The Balaban J connectivity index is 0.000000148. The number of benzene rings is 12. The van der Waals surface area contributed by atoms with Crippen molar-refractivity contribution in [1.29, 1.82) is 0 Å². The van der Waals surface area contributed by atoms with Gasteiger partial charge >= 0.3 is 7.12 Å². The van der Waals surface area contributed by atoms with Gasteiger partial charge in [0.1, 0.15) is 21.9 Å². The van der Waals surface area contributed by atoms with Gasteiger partial charge in [0.25, 0.3) is 0 Å². The number of fused-ring (bicyclic) bond motifs is 21. The lowest BCUT2D eigenvalue weighted by molar-refractivity contribution is 0.00578. The fourth-order valence-corrected chi connectivity index (χ4v) is 19.6. The van der Waals surface area contributed by atoms with Crippen molar-refractivity contribution in [2.75, 3.05) is 0 Å². The first-order valence-electron chi connectivity index (χ1n) is 33.5. The molecular weight excluding hydrogens is 1450 g/mol. The van der Waals surface area contributed by atoms with Gasteiger partial charge in [0.15, 0.2) is 0 Å². The third-order valence-electron chi connectivity index (χ3n) is 20.3. The van der Waals surface area contributed by atoms with E-state index in [1.807, 2.05) is 34.0 Å². The summed E-state index contributed by atoms with van der Waals surface area (Å²) in [5, 5.41) is 15.7. The van der Waals surface area contributed by atoms with Crippen LogP contribution in [0.25, 0.3) is 166 Å². The molecule has 9 heterocycles. The van der Waals surface area contributed by atoms with Crippen LogP contribution in [0.15, 0.2) is 289 Å². The van der Waals surface area contributed by atoms with Crippen molar-refractivity contribution in [3.63, 3.8) is 0 Å². The molecule has 0 amide bonds. The van der Waals surface area contributed by atoms with Gasteiger partial charge in [-0.3, -0.25) is 0 Å². The molecule has 0 aliphatic carbocycles. The quantitative estimate of drug-likeness (QED) is 0.122. The predicted octanol–water partition coefficient (Wildman–Crippen LogP) is 25.5. The van der Waals surface area contributed by atoms with Crippen LogP contribution in [0.4, 0.5) is 0 Å². The average molecular weight is 1520 g/mol. The zero-order valence-corrected chi connectivity index (χ0v) is 60.7. The van der Waals surface area contributed by atoms with Gasteiger partial charge in [0.05, 0.1) is 55.7 Å². The van der Waals surface area contributed by atoms with E-state index in [9.17, 15) is 0 Å². The topological polar surface area (TPSA) is 84.8 Å². The highest BCUT2D eigenvalue weighted by molar-refractivity contribution is 9.11. The number of para-hydroxylation sites is 3. The summed E-state index contributed by atoms with van der Waals surface area (Å²) in [6, 6.07) is 96.2. The van der Waals surface area contributed by atoms with Gasteiger partial charge in [0.2, 0.25) is 0 Å². The molecule has 0 radical (unpaired) electrons. The molecule has 12 aromatic carbocycles. The number of halogens is 2. The molecule has 0 bridgehead atoms. The van der Waals surface area contributed by atoms with Crippen molar-refractivity contribution >= 4 is 204 Å². The van der Waals surface area contributed by atoms with E-state index in [-0.39, 0.29) is 33.2 Å². The maximum atomic E-state index is 6.36. The van der Waals surface area contributed by atoms with Crippen LogP contribution in [0.2, 0.25) is 0 Å². The van der Waals surface area contributed by atoms with Gasteiger partial charge in [-0.1, -0.05) is 179 Å². The minimum absolute atomic E-state index is 0. The minimum Gasteiger partial charge on any atom is -0.399 e. The van der Waals surface area contributed by atoms with Crippen molar-refractivity contribution in [3.8, 4) is 39.6 Å². The third-order valence-corrected chi connectivity index (χ3v) is 24.7. The van der Waals surface area contributed by atoms with E-state index in [0.29, 0.717) is 0 Å². The van der Waals surface area contributed by atoms with E-state index in [4.69, 9.17) is 19.3 Å². The van der Waals surface area contributed by atoms with E-state index in [0.717, 1.165) is 54.2 Å². The van der Waals surface area contributed by atoms with E-state index in [1.165, 1.54) is 132 Å². The van der Waals surface area contributed by atoms with E-state index >= 15 is 0 Å². The number of aromatic nitrogens is 7. The fourth-order valence-electron chi connectivity index (χ4n) is 14.9. The normalized spacial score (nSPS) is 13.4. The number of rotatable bonds is 6. The lowest BCUT2D eigenvalue weighted by Gasteiger charge is -2.32. The summed E-state index contributed by atoms with van der Waals surface area (Å²) < 4.78 is 29.5. The van der Waals surface area contributed by atoms with Gasteiger partial charge in [-0.15, -0.1) is 34.0 Å². The van der Waals surface area contributed by atoms with Crippen LogP contribution < -0.4 is 5.46 Å². The minimum atomic E-state index is -0.387. The van der Waals surface area contributed by atoms with E-state index in [1.54, 1.807) is 12.4 Å². The number of hydrogen-bond acceptors (Lipinski definition) is 9. The summed E-state index contributed by atoms with van der Waals surface area (Å²) in [5.41, 5.74) is 14.7. The summed E-state index contributed by atoms with van der Waals surface area (Å²) >= 11 is 12.0. The first-order valence-corrected chi connectivity index (χ1v) is 37.6. The SMILES string of the molecule is Brc1cc(Br)ncn1.C.C.CC1(C)OB(c2cccc(-n3c4ccccc4c4c5sc6ccccc6c5ccc43)c2)OC1(C)C.c1cc(-c2cc(-c3cccc(-n4c5ccccc5c5c6sc7ccccc7c6ccc54)c3)ncn2)cc(-n2c3ccccc3c3c4sc5ccccc5c4ccc32)c1. The molecule has 103 heavy (non-hydrogen) atoms. The number of nitrogens with zero attached hydrogens (tertiary/aromatic N) is 7. The Morgan fingerprint density at radius 3 is 1.04 bits per heavy atom. The molecule has 0 unspecified atom stereocenters. The molecule has 9 nitrogen and oxygen atoms in total. The van der Waals surface area contributed by atoms with Crippen molar-refractivity contribution in [3.05, 3.63) is 289 Å². The zero-order valence-electron chi connectivity index (χ0n) is 55.1. The molecule has 15 heteroatoms. The Morgan fingerprint density at radius 1 is 0.320 bits per heavy atom. The molecule has 8 aromatic heterocycles. The monoisotopic (exact) mass is 1520 g/mol. The highest BCUT2D eigenvalue weighted by Crippen LogP contribution is 2.48. The van der Waals surface area contributed by atoms with E-state index < -0.39 is 0 Å². The van der Waals surface area contributed by atoms with Crippen molar-refractivity contribution in [2.24, 2.45) is 0 Å². The number of thiophene rings is 3. The molecule has 0 atom stereocenters. The molecule has 0 spiro atoms. The summed E-state index contributed by atoms with van der Waals surface area (Å²) in [6.07, 6.45) is 3.18. The molecular formula is C88H66BBr2N7O2S3. The van der Waals surface area contributed by atoms with Crippen LogP contribution in [0, 0.1) is 0 Å². The summed E-state index contributed by atoms with van der Waals surface area (Å²) in [4.78, 5) is 17.3. The van der Waals surface area contributed by atoms with Gasteiger partial charge < -0.3 is 23.0 Å². The third kappa shape index (κ3) is 11.0. The second-order valence-electron chi connectivity index (χ2n) is 26.6. The fraction of sp³-hybridized carbons (Fsp3) is 0.0909. The molecule has 0 saturated carbocycles. The van der Waals surface area contributed by atoms with Crippen LogP contribution in [-0.2, 0) is 9.31 Å². The Kier molecular flexibility index (Phi) is 16.6. The predicted molar refractivity (Wildman–Crippen MR) is 448 cm³/mol. The maximum Gasteiger partial charge on any atom is 0.494 e. The van der Waals surface area contributed by atoms with Crippen LogP contribution in [0.5, 0.6) is 0 Å². The summed E-state index contributed by atoms with van der Waals surface area (Å²) in [6.45, 7) is 8.39. The second kappa shape index (κ2) is 25.9. The van der Waals surface area contributed by atoms with Crippen LogP contribution >= 0.6 is 65.9 Å². The molecule has 21 rings (SSSR count). The molecule has 1 fully saturated rings. The van der Waals surface area contributed by atoms with Crippen molar-refractivity contribution in [2.45, 2.75) is 53.8 Å². The Hall–Kier alpha value is -10.2. The highest BCUT2D eigenvalue weighted by Gasteiger charge is 2.51. The van der Waals surface area contributed by atoms with Crippen LogP contribution in [0.3, 0.4) is 0 Å². The Morgan fingerprint density at radius 2 is 0.660 bits per heavy atom. The van der Waals surface area contributed by atoms with Crippen LogP contribution in [0.1, 0.15) is 42.5 Å². The zero-order chi connectivity index (χ0) is 67.8. The largest absolute Gasteiger partial charge is 0.494 e. The molecule has 1 saturated heterocycles. The van der Waals surface area contributed by atoms with Gasteiger partial charge in [-0.2, -0.15) is 0 Å². The Labute approximate surface area is 624 Å². The van der Waals surface area contributed by atoms with Gasteiger partial charge in [-0.25, -0.2) is 19.9 Å². The number of hydrogen-bond donors (Lipinski definition) is 0. The molecule has 20 aromatic rings. The van der Waals surface area contributed by atoms with Crippen molar-refractivity contribution < 1.29 is 9.31 Å². The average Bonchev–Trinajstić information content (AvgIpc) is 1.58. The maximum absolute atomic E-state index is 6.36. The molecule has 500 valence electrons. The highest BCUT2D eigenvalue weighted by atomic mass is 79.9.